The quantitative estimate of drug-likeness (QED) is 0.773. The lowest BCUT2D eigenvalue weighted by atomic mass is 10.1. The van der Waals surface area contributed by atoms with Gasteiger partial charge in [-0.15, -0.1) is 0 Å². The van der Waals surface area contributed by atoms with E-state index < -0.39 is 0 Å². The monoisotopic (exact) mass is 378 g/mol. The number of hydrogen-bond donors (Lipinski definition) is 0. The van der Waals surface area contributed by atoms with Gasteiger partial charge in [0.05, 0.1) is 5.56 Å². The van der Waals surface area contributed by atoms with Gasteiger partial charge in [-0.25, -0.2) is 4.39 Å². The standard InChI is InChI=1S/C18H20BrFN2O/c1-4-22(12-13-5-8-15(9-6-13)21(2)3)18(23)16-10-7-14(20)11-17(16)19/h5-11H,4,12H2,1-3H3. The summed E-state index contributed by atoms with van der Waals surface area (Å²) in [4.78, 5) is 16.4. The highest BCUT2D eigenvalue weighted by atomic mass is 79.9. The van der Waals surface area contributed by atoms with E-state index >= 15 is 0 Å². The molecule has 0 heterocycles. The second-order valence-electron chi connectivity index (χ2n) is 5.50. The molecule has 0 unspecified atom stereocenters. The van der Waals surface area contributed by atoms with Crippen molar-refractivity contribution in [3.8, 4) is 0 Å². The number of hydrogen-bond acceptors (Lipinski definition) is 2. The lowest BCUT2D eigenvalue weighted by molar-refractivity contribution is 0.0751. The van der Waals surface area contributed by atoms with E-state index in [1.165, 1.54) is 18.2 Å². The fourth-order valence-corrected chi connectivity index (χ4v) is 2.80. The van der Waals surface area contributed by atoms with Gasteiger partial charge in [-0.2, -0.15) is 0 Å². The highest BCUT2D eigenvalue weighted by Gasteiger charge is 2.17. The van der Waals surface area contributed by atoms with Gasteiger partial charge < -0.3 is 9.80 Å². The summed E-state index contributed by atoms with van der Waals surface area (Å²) in [5.41, 5.74) is 2.64. The fraction of sp³-hybridized carbons (Fsp3) is 0.278. The van der Waals surface area contributed by atoms with E-state index in [4.69, 9.17) is 0 Å². The molecule has 0 N–H and O–H groups in total. The first-order valence-electron chi connectivity index (χ1n) is 7.43. The van der Waals surface area contributed by atoms with Crippen molar-refractivity contribution in [3.63, 3.8) is 0 Å². The average Bonchev–Trinajstić information content (AvgIpc) is 2.52. The van der Waals surface area contributed by atoms with Crippen LogP contribution in [0, 0.1) is 5.82 Å². The van der Waals surface area contributed by atoms with Crippen molar-refractivity contribution in [2.75, 3.05) is 25.5 Å². The smallest absolute Gasteiger partial charge is 0.255 e. The summed E-state index contributed by atoms with van der Waals surface area (Å²) in [6, 6.07) is 12.2. The summed E-state index contributed by atoms with van der Waals surface area (Å²) in [7, 11) is 3.98. The maximum absolute atomic E-state index is 13.2. The topological polar surface area (TPSA) is 23.6 Å². The van der Waals surface area contributed by atoms with Crippen molar-refractivity contribution < 1.29 is 9.18 Å². The van der Waals surface area contributed by atoms with E-state index in [0.717, 1.165) is 11.3 Å². The molecule has 2 aromatic rings. The molecule has 0 atom stereocenters. The Kier molecular flexibility index (Phi) is 5.77. The summed E-state index contributed by atoms with van der Waals surface area (Å²) in [5, 5.41) is 0. The number of benzene rings is 2. The molecule has 0 aliphatic heterocycles. The van der Waals surface area contributed by atoms with Gasteiger partial charge in [-0.05, 0) is 58.7 Å². The number of carbonyl (C=O) groups excluding carboxylic acids is 1. The van der Waals surface area contributed by atoms with Gasteiger partial charge in [0.2, 0.25) is 0 Å². The zero-order valence-electron chi connectivity index (χ0n) is 13.5. The van der Waals surface area contributed by atoms with E-state index in [1.807, 2.05) is 50.2 Å². The van der Waals surface area contributed by atoms with E-state index in [-0.39, 0.29) is 11.7 Å². The van der Waals surface area contributed by atoms with Crippen LogP contribution in [-0.4, -0.2) is 31.4 Å². The number of halogens is 2. The minimum absolute atomic E-state index is 0.115. The predicted molar refractivity (Wildman–Crippen MR) is 95.3 cm³/mol. The first kappa shape index (κ1) is 17.5. The van der Waals surface area contributed by atoms with Crippen LogP contribution < -0.4 is 4.90 Å². The van der Waals surface area contributed by atoms with E-state index in [0.29, 0.717) is 23.1 Å². The van der Waals surface area contributed by atoms with Crippen molar-refractivity contribution >= 4 is 27.5 Å². The van der Waals surface area contributed by atoms with Crippen molar-refractivity contribution in [1.29, 1.82) is 0 Å². The fourth-order valence-electron chi connectivity index (χ4n) is 2.28. The molecule has 0 aromatic heterocycles. The largest absolute Gasteiger partial charge is 0.378 e. The maximum Gasteiger partial charge on any atom is 0.255 e. The van der Waals surface area contributed by atoms with Crippen LogP contribution in [0.1, 0.15) is 22.8 Å². The van der Waals surface area contributed by atoms with Gasteiger partial charge in [0.15, 0.2) is 0 Å². The molecule has 0 aliphatic carbocycles. The van der Waals surface area contributed by atoms with Gasteiger partial charge in [0.1, 0.15) is 5.82 Å². The summed E-state index contributed by atoms with van der Waals surface area (Å²) >= 11 is 3.26. The summed E-state index contributed by atoms with van der Waals surface area (Å²) in [6.45, 7) is 3.04. The van der Waals surface area contributed by atoms with Crippen LogP contribution in [0.15, 0.2) is 46.9 Å². The molecule has 2 aromatic carbocycles. The average molecular weight is 379 g/mol. The molecule has 3 nitrogen and oxygen atoms in total. The van der Waals surface area contributed by atoms with Gasteiger partial charge >= 0.3 is 0 Å². The van der Waals surface area contributed by atoms with Crippen LogP contribution in [0.25, 0.3) is 0 Å². The number of nitrogens with zero attached hydrogens (tertiary/aromatic N) is 2. The van der Waals surface area contributed by atoms with Crippen molar-refractivity contribution in [1.82, 2.24) is 4.90 Å². The second kappa shape index (κ2) is 7.59. The van der Waals surface area contributed by atoms with Crippen LogP contribution in [0.2, 0.25) is 0 Å². The third-order valence-electron chi connectivity index (χ3n) is 3.66. The number of rotatable bonds is 5. The number of anilines is 1. The molecule has 0 saturated heterocycles. The van der Waals surface area contributed by atoms with E-state index in [1.54, 1.807) is 4.90 Å². The molecular formula is C18H20BrFN2O. The molecule has 23 heavy (non-hydrogen) atoms. The minimum atomic E-state index is -0.365. The molecule has 0 aliphatic rings. The molecule has 5 heteroatoms. The van der Waals surface area contributed by atoms with Crippen LogP contribution in [-0.2, 0) is 6.54 Å². The Morgan fingerprint density at radius 1 is 1.13 bits per heavy atom. The Balaban J connectivity index is 2.17. The zero-order chi connectivity index (χ0) is 17.0. The van der Waals surface area contributed by atoms with Crippen LogP contribution in [0.5, 0.6) is 0 Å². The van der Waals surface area contributed by atoms with Gasteiger partial charge in [0, 0.05) is 37.3 Å². The Labute approximate surface area is 144 Å². The minimum Gasteiger partial charge on any atom is -0.378 e. The normalized spacial score (nSPS) is 10.5. The second-order valence-corrected chi connectivity index (χ2v) is 6.36. The predicted octanol–water partition coefficient (Wildman–Crippen LogP) is 4.32. The lowest BCUT2D eigenvalue weighted by Gasteiger charge is -2.22. The molecular weight excluding hydrogens is 359 g/mol. The summed E-state index contributed by atoms with van der Waals surface area (Å²) < 4.78 is 13.7. The maximum atomic E-state index is 13.2. The molecule has 2 rings (SSSR count). The molecule has 0 spiro atoms. The summed E-state index contributed by atoms with van der Waals surface area (Å²) in [5.74, 6) is -0.480. The molecule has 0 bridgehead atoms. The highest BCUT2D eigenvalue weighted by Crippen LogP contribution is 2.21. The van der Waals surface area contributed by atoms with Crippen LogP contribution in [0.4, 0.5) is 10.1 Å². The van der Waals surface area contributed by atoms with Gasteiger partial charge in [0.25, 0.3) is 5.91 Å². The van der Waals surface area contributed by atoms with Crippen molar-refractivity contribution in [3.05, 3.63) is 63.9 Å². The SMILES string of the molecule is CCN(Cc1ccc(N(C)C)cc1)C(=O)c1ccc(F)cc1Br. The van der Waals surface area contributed by atoms with Crippen molar-refractivity contribution in [2.24, 2.45) is 0 Å². The van der Waals surface area contributed by atoms with Gasteiger partial charge in [-0.1, -0.05) is 12.1 Å². The highest BCUT2D eigenvalue weighted by molar-refractivity contribution is 9.10. The molecule has 0 fully saturated rings. The Morgan fingerprint density at radius 3 is 2.30 bits per heavy atom. The first-order valence-corrected chi connectivity index (χ1v) is 8.22. The lowest BCUT2D eigenvalue weighted by Crippen LogP contribution is -2.30. The molecule has 122 valence electrons. The molecule has 0 saturated carbocycles. The zero-order valence-corrected chi connectivity index (χ0v) is 15.1. The first-order chi connectivity index (χ1) is 10.9. The van der Waals surface area contributed by atoms with E-state index in [9.17, 15) is 9.18 Å². The molecule has 1 amide bonds. The Morgan fingerprint density at radius 2 is 1.78 bits per heavy atom. The van der Waals surface area contributed by atoms with Gasteiger partial charge in [-0.3, -0.25) is 4.79 Å². The third-order valence-corrected chi connectivity index (χ3v) is 4.31. The van der Waals surface area contributed by atoms with Crippen LogP contribution in [0.3, 0.4) is 0 Å². The number of carbonyl (C=O) groups is 1. The van der Waals surface area contributed by atoms with E-state index in [2.05, 4.69) is 15.9 Å². The number of amides is 1. The molecule has 0 radical (unpaired) electrons. The summed E-state index contributed by atoms with van der Waals surface area (Å²) in [6.07, 6.45) is 0. The van der Waals surface area contributed by atoms with Crippen molar-refractivity contribution in [2.45, 2.75) is 13.5 Å². The van der Waals surface area contributed by atoms with Crippen LogP contribution >= 0.6 is 15.9 Å². The Bertz CT molecular complexity index is 686. The Hall–Kier alpha value is -1.88. The third kappa shape index (κ3) is 4.32.